The minimum atomic E-state index is -1.00. The Balaban J connectivity index is 2.18. The first-order valence-corrected chi connectivity index (χ1v) is 5.56. The molecule has 2 rings (SSSR count). The minimum Gasteiger partial charge on any atom is -0.478 e. The average Bonchev–Trinajstić information content (AvgIpc) is 2.29. The van der Waals surface area contributed by atoms with Crippen molar-refractivity contribution in [1.82, 2.24) is 4.98 Å². The molecule has 2 atom stereocenters. The van der Waals surface area contributed by atoms with Gasteiger partial charge in [-0.1, -0.05) is 13.8 Å². The highest BCUT2D eigenvalue weighted by molar-refractivity contribution is 5.93. The second-order valence-electron chi connectivity index (χ2n) is 4.97. The third-order valence-electron chi connectivity index (χ3n) is 3.56. The first-order valence-electron chi connectivity index (χ1n) is 5.56. The monoisotopic (exact) mass is 236 g/mol. The largest absolute Gasteiger partial charge is 0.478 e. The zero-order chi connectivity index (χ0) is 12.6. The maximum absolute atomic E-state index is 11.0. The molecule has 0 bridgehead atoms. The summed E-state index contributed by atoms with van der Waals surface area (Å²) in [7, 11) is 0. The van der Waals surface area contributed by atoms with Gasteiger partial charge in [-0.25, -0.2) is 9.78 Å². The van der Waals surface area contributed by atoms with Gasteiger partial charge in [0.05, 0.1) is 6.10 Å². The predicted octanol–water partition coefficient (Wildman–Crippen LogP) is 1.35. The van der Waals surface area contributed by atoms with E-state index in [1.165, 1.54) is 6.07 Å². The summed E-state index contributed by atoms with van der Waals surface area (Å²) in [5.41, 5.74) is -0.0995. The average molecular weight is 236 g/mol. The zero-order valence-electron chi connectivity index (χ0n) is 9.84. The number of hydrogen-bond acceptors (Lipinski definition) is 4. The zero-order valence-corrected chi connectivity index (χ0v) is 9.84. The van der Waals surface area contributed by atoms with E-state index in [-0.39, 0.29) is 23.1 Å². The number of rotatable bonds is 3. The lowest BCUT2D eigenvalue weighted by atomic mass is 9.64. The number of carboxylic acid groups (broad SMARTS) is 1. The molecular weight excluding hydrogens is 220 g/mol. The van der Waals surface area contributed by atoms with Crippen LogP contribution in [0.3, 0.4) is 0 Å². The van der Waals surface area contributed by atoms with Crippen LogP contribution in [0.4, 0.5) is 5.82 Å². The number of aliphatic hydroxyl groups is 1. The third-order valence-corrected chi connectivity index (χ3v) is 3.56. The molecular formula is C12H16N2O3. The number of pyridine rings is 1. The minimum absolute atomic E-state index is 0.0468. The van der Waals surface area contributed by atoms with Crippen LogP contribution < -0.4 is 5.32 Å². The fourth-order valence-corrected chi connectivity index (χ4v) is 2.01. The SMILES string of the molecule is CC1(C)C(O)CC1Nc1ncccc1C(=O)O. The number of anilines is 1. The highest BCUT2D eigenvalue weighted by Gasteiger charge is 2.47. The van der Waals surface area contributed by atoms with E-state index in [9.17, 15) is 9.90 Å². The van der Waals surface area contributed by atoms with Gasteiger partial charge >= 0.3 is 5.97 Å². The summed E-state index contributed by atoms with van der Waals surface area (Å²) >= 11 is 0. The molecule has 92 valence electrons. The van der Waals surface area contributed by atoms with E-state index in [1.807, 2.05) is 13.8 Å². The van der Waals surface area contributed by atoms with Gasteiger partial charge in [-0.05, 0) is 18.6 Å². The van der Waals surface area contributed by atoms with Crippen molar-refractivity contribution in [2.45, 2.75) is 32.4 Å². The smallest absolute Gasteiger partial charge is 0.339 e. The van der Waals surface area contributed by atoms with E-state index in [0.29, 0.717) is 12.2 Å². The molecule has 17 heavy (non-hydrogen) atoms. The van der Waals surface area contributed by atoms with Gasteiger partial charge in [0, 0.05) is 17.7 Å². The number of aromatic carboxylic acids is 1. The van der Waals surface area contributed by atoms with Crippen molar-refractivity contribution >= 4 is 11.8 Å². The molecule has 5 nitrogen and oxygen atoms in total. The van der Waals surface area contributed by atoms with E-state index in [2.05, 4.69) is 10.3 Å². The van der Waals surface area contributed by atoms with E-state index < -0.39 is 5.97 Å². The van der Waals surface area contributed by atoms with Crippen LogP contribution in [0, 0.1) is 5.41 Å². The van der Waals surface area contributed by atoms with Gasteiger partial charge in [-0.2, -0.15) is 0 Å². The molecule has 3 N–H and O–H groups in total. The van der Waals surface area contributed by atoms with E-state index >= 15 is 0 Å². The lowest BCUT2D eigenvalue weighted by molar-refractivity contribution is -0.0511. The Labute approximate surface area is 99.5 Å². The highest BCUT2D eigenvalue weighted by atomic mass is 16.4. The summed E-state index contributed by atoms with van der Waals surface area (Å²) in [4.78, 5) is 15.0. The Morgan fingerprint density at radius 3 is 2.82 bits per heavy atom. The fourth-order valence-electron chi connectivity index (χ4n) is 2.01. The second kappa shape index (κ2) is 4.00. The van der Waals surface area contributed by atoms with E-state index in [4.69, 9.17) is 5.11 Å². The Bertz CT molecular complexity index is 445. The van der Waals surface area contributed by atoms with Gasteiger partial charge < -0.3 is 15.5 Å². The van der Waals surface area contributed by atoms with Gasteiger partial charge in [0.15, 0.2) is 0 Å². The summed E-state index contributed by atoms with van der Waals surface area (Å²) in [6, 6.07) is 3.15. The van der Waals surface area contributed by atoms with Crippen LogP contribution in [0.15, 0.2) is 18.3 Å². The maximum Gasteiger partial charge on any atom is 0.339 e. The molecule has 0 aliphatic heterocycles. The van der Waals surface area contributed by atoms with Crippen LogP contribution in [-0.2, 0) is 0 Å². The predicted molar refractivity (Wildman–Crippen MR) is 63.0 cm³/mol. The molecule has 1 aromatic heterocycles. The molecule has 1 aliphatic carbocycles. The number of carboxylic acids is 1. The molecule has 5 heteroatoms. The molecule has 1 aliphatic rings. The molecule has 1 aromatic rings. The van der Waals surface area contributed by atoms with Crippen LogP contribution in [0.5, 0.6) is 0 Å². The normalized spacial score (nSPS) is 26.1. The molecule has 1 heterocycles. The van der Waals surface area contributed by atoms with Crippen molar-refractivity contribution in [2.75, 3.05) is 5.32 Å². The van der Waals surface area contributed by atoms with Crippen molar-refractivity contribution in [3.8, 4) is 0 Å². The number of aromatic nitrogens is 1. The lowest BCUT2D eigenvalue weighted by Gasteiger charge is -2.49. The number of nitrogens with one attached hydrogen (secondary N) is 1. The van der Waals surface area contributed by atoms with Gasteiger partial charge in [0.1, 0.15) is 11.4 Å². The van der Waals surface area contributed by atoms with Crippen molar-refractivity contribution < 1.29 is 15.0 Å². The Hall–Kier alpha value is -1.62. The number of hydrogen-bond donors (Lipinski definition) is 3. The molecule has 0 aromatic carbocycles. The van der Waals surface area contributed by atoms with Crippen LogP contribution in [-0.4, -0.2) is 33.3 Å². The van der Waals surface area contributed by atoms with Crippen LogP contribution in [0.25, 0.3) is 0 Å². The third kappa shape index (κ3) is 1.98. The van der Waals surface area contributed by atoms with Crippen molar-refractivity contribution in [1.29, 1.82) is 0 Å². The topological polar surface area (TPSA) is 82.5 Å². The molecule has 1 fully saturated rings. The highest BCUT2D eigenvalue weighted by Crippen LogP contribution is 2.42. The summed E-state index contributed by atoms with van der Waals surface area (Å²) in [6.45, 7) is 3.89. The van der Waals surface area contributed by atoms with Crippen molar-refractivity contribution in [3.05, 3.63) is 23.9 Å². The van der Waals surface area contributed by atoms with Crippen molar-refractivity contribution in [3.63, 3.8) is 0 Å². The van der Waals surface area contributed by atoms with Crippen LogP contribution in [0.1, 0.15) is 30.6 Å². The number of carbonyl (C=O) groups is 1. The standard InChI is InChI=1S/C12H16N2O3/c1-12(2)8(6-9(12)15)14-10-7(11(16)17)4-3-5-13-10/h3-5,8-9,15H,6H2,1-2H3,(H,13,14)(H,16,17). The Morgan fingerprint density at radius 2 is 2.29 bits per heavy atom. The Kier molecular flexibility index (Phi) is 2.79. The number of nitrogens with zero attached hydrogens (tertiary/aromatic N) is 1. The van der Waals surface area contributed by atoms with Gasteiger partial charge in [0.25, 0.3) is 0 Å². The summed E-state index contributed by atoms with van der Waals surface area (Å²) in [5, 5.41) is 21.7. The van der Waals surface area contributed by atoms with Gasteiger partial charge in [-0.3, -0.25) is 0 Å². The molecule has 2 unspecified atom stereocenters. The molecule has 0 amide bonds. The van der Waals surface area contributed by atoms with Gasteiger partial charge in [-0.15, -0.1) is 0 Å². The molecule has 0 radical (unpaired) electrons. The lowest BCUT2D eigenvalue weighted by Crippen LogP contribution is -2.57. The summed E-state index contributed by atoms with van der Waals surface area (Å²) < 4.78 is 0. The summed E-state index contributed by atoms with van der Waals surface area (Å²) in [6.07, 6.45) is 1.82. The van der Waals surface area contributed by atoms with E-state index in [1.54, 1.807) is 12.3 Å². The van der Waals surface area contributed by atoms with Crippen LogP contribution in [0.2, 0.25) is 0 Å². The fraction of sp³-hybridized carbons (Fsp3) is 0.500. The second-order valence-corrected chi connectivity index (χ2v) is 4.97. The summed E-state index contributed by atoms with van der Waals surface area (Å²) in [5.74, 6) is -0.636. The first kappa shape index (κ1) is 11.9. The molecule has 0 spiro atoms. The molecule has 0 saturated heterocycles. The molecule has 1 saturated carbocycles. The Morgan fingerprint density at radius 1 is 1.59 bits per heavy atom. The van der Waals surface area contributed by atoms with Gasteiger partial charge in [0.2, 0.25) is 0 Å². The van der Waals surface area contributed by atoms with Crippen molar-refractivity contribution in [2.24, 2.45) is 5.41 Å². The quantitative estimate of drug-likeness (QED) is 0.738. The van der Waals surface area contributed by atoms with Crippen LogP contribution >= 0.6 is 0 Å². The van der Waals surface area contributed by atoms with E-state index in [0.717, 1.165) is 0 Å². The first-order chi connectivity index (χ1) is 7.93. The number of aliphatic hydroxyl groups excluding tert-OH is 1. The maximum atomic E-state index is 11.0.